The minimum atomic E-state index is -4.73. The van der Waals surface area contributed by atoms with Crippen LogP contribution in [0.25, 0.3) is 0 Å². The highest BCUT2D eigenvalue weighted by molar-refractivity contribution is 5.24. The van der Waals surface area contributed by atoms with Crippen molar-refractivity contribution in [1.29, 1.82) is 0 Å². The van der Waals surface area contributed by atoms with Gasteiger partial charge in [-0.2, -0.15) is 13.2 Å². The average molecular weight is 261 g/mol. The predicted molar refractivity (Wildman–Crippen MR) is 64.1 cm³/mol. The molecule has 1 unspecified atom stereocenters. The maximum atomic E-state index is 12.8. The van der Waals surface area contributed by atoms with Crippen molar-refractivity contribution in [3.05, 3.63) is 35.9 Å². The Bertz CT molecular complexity index is 389. The van der Waals surface area contributed by atoms with Crippen LogP contribution in [0.15, 0.2) is 30.3 Å². The van der Waals surface area contributed by atoms with Gasteiger partial charge in [0.05, 0.1) is 0 Å². The molecule has 0 spiro atoms. The molecule has 2 nitrogen and oxygen atoms in total. The molecule has 0 bridgehead atoms. The van der Waals surface area contributed by atoms with Gasteiger partial charge in [-0.05, 0) is 17.4 Å². The Balaban J connectivity index is 3.02. The Labute approximate surface area is 105 Å². The molecule has 1 rings (SSSR count). The normalized spacial score (nSPS) is 16.4. The van der Waals surface area contributed by atoms with Crippen LogP contribution in [0.1, 0.15) is 25.8 Å². The number of nitrogens with two attached hydrogens (primary N) is 1. The topological polar surface area (TPSA) is 46.2 Å². The first kappa shape index (κ1) is 15.0. The number of alkyl halides is 3. The molecule has 0 radical (unpaired) electrons. The van der Waals surface area contributed by atoms with E-state index in [0.717, 1.165) is 5.56 Å². The highest BCUT2D eigenvalue weighted by atomic mass is 19.4. The maximum Gasteiger partial charge on any atom is 0.418 e. The Hall–Kier alpha value is -1.07. The fourth-order valence-electron chi connectivity index (χ4n) is 2.01. The van der Waals surface area contributed by atoms with E-state index >= 15 is 0 Å². The number of halogens is 3. The molecule has 1 aromatic carbocycles. The number of hydrogen-bond donors (Lipinski definition) is 2. The molecule has 5 heteroatoms. The van der Waals surface area contributed by atoms with E-state index in [1.54, 1.807) is 44.2 Å². The quantitative estimate of drug-likeness (QED) is 0.875. The van der Waals surface area contributed by atoms with Crippen LogP contribution in [0, 0.1) is 0 Å². The molecule has 3 N–H and O–H groups in total. The van der Waals surface area contributed by atoms with Gasteiger partial charge in [-0.25, -0.2) is 0 Å². The van der Waals surface area contributed by atoms with Crippen LogP contribution in [0.3, 0.4) is 0 Å². The minimum Gasteiger partial charge on any atom is -0.379 e. The third-order valence-electron chi connectivity index (χ3n) is 3.16. The Morgan fingerprint density at radius 1 is 1.11 bits per heavy atom. The molecule has 0 aliphatic heterocycles. The SMILES string of the molecule is CC(C)(CC(O)(CN)C(F)(F)F)c1ccccc1. The van der Waals surface area contributed by atoms with E-state index in [4.69, 9.17) is 5.73 Å². The van der Waals surface area contributed by atoms with E-state index in [1.165, 1.54) is 0 Å². The van der Waals surface area contributed by atoms with Crippen molar-refractivity contribution in [2.45, 2.75) is 37.5 Å². The van der Waals surface area contributed by atoms with Crippen molar-refractivity contribution in [3.8, 4) is 0 Å². The highest BCUT2D eigenvalue weighted by Gasteiger charge is 2.54. The summed E-state index contributed by atoms with van der Waals surface area (Å²) in [6.45, 7) is 2.48. The van der Waals surface area contributed by atoms with Crippen LogP contribution in [-0.2, 0) is 5.41 Å². The fourth-order valence-corrected chi connectivity index (χ4v) is 2.01. The molecular formula is C13H18F3NO. The van der Waals surface area contributed by atoms with Crippen LogP contribution in [0.5, 0.6) is 0 Å². The Morgan fingerprint density at radius 3 is 2.00 bits per heavy atom. The van der Waals surface area contributed by atoms with Crippen LogP contribution in [0.4, 0.5) is 13.2 Å². The number of benzene rings is 1. The van der Waals surface area contributed by atoms with E-state index in [2.05, 4.69) is 0 Å². The number of aliphatic hydroxyl groups is 1. The van der Waals surface area contributed by atoms with Crippen molar-refractivity contribution in [2.24, 2.45) is 5.73 Å². The van der Waals surface area contributed by atoms with Gasteiger partial charge >= 0.3 is 6.18 Å². The molecule has 18 heavy (non-hydrogen) atoms. The lowest BCUT2D eigenvalue weighted by Gasteiger charge is -2.37. The second-order valence-corrected chi connectivity index (χ2v) is 5.16. The summed E-state index contributed by atoms with van der Waals surface area (Å²) in [6.07, 6.45) is -5.20. The van der Waals surface area contributed by atoms with Gasteiger partial charge in [0.15, 0.2) is 5.60 Å². The molecule has 1 aromatic rings. The summed E-state index contributed by atoms with van der Waals surface area (Å²) in [5.74, 6) is 0. The maximum absolute atomic E-state index is 12.8. The van der Waals surface area contributed by atoms with Gasteiger partial charge in [0, 0.05) is 6.54 Å². The molecule has 0 heterocycles. The summed E-state index contributed by atoms with van der Waals surface area (Å²) in [5, 5.41) is 9.70. The first-order valence-corrected chi connectivity index (χ1v) is 5.67. The van der Waals surface area contributed by atoms with E-state index in [-0.39, 0.29) is 0 Å². The molecule has 0 aliphatic rings. The fraction of sp³-hybridized carbons (Fsp3) is 0.538. The van der Waals surface area contributed by atoms with Crippen molar-refractivity contribution >= 4 is 0 Å². The summed E-state index contributed by atoms with van der Waals surface area (Å²) < 4.78 is 38.5. The van der Waals surface area contributed by atoms with Gasteiger partial charge in [0.2, 0.25) is 0 Å². The summed E-state index contributed by atoms with van der Waals surface area (Å²) in [5.41, 5.74) is 2.18. The third kappa shape index (κ3) is 3.03. The molecule has 102 valence electrons. The zero-order valence-corrected chi connectivity index (χ0v) is 10.5. The number of hydrogen-bond acceptors (Lipinski definition) is 2. The zero-order valence-electron chi connectivity index (χ0n) is 10.5. The summed E-state index contributed by atoms with van der Waals surface area (Å²) >= 11 is 0. The van der Waals surface area contributed by atoms with E-state index in [0.29, 0.717) is 0 Å². The van der Waals surface area contributed by atoms with E-state index < -0.39 is 30.2 Å². The van der Waals surface area contributed by atoms with Gasteiger partial charge in [0.1, 0.15) is 0 Å². The van der Waals surface area contributed by atoms with Crippen LogP contribution in [-0.4, -0.2) is 23.4 Å². The van der Waals surface area contributed by atoms with Crippen molar-refractivity contribution in [2.75, 3.05) is 6.54 Å². The Morgan fingerprint density at radius 2 is 1.61 bits per heavy atom. The third-order valence-corrected chi connectivity index (χ3v) is 3.16. The lowest BCUT2D eigenvalue weighted by atomic mass is 9.75. The Kier molecular flexibility index (Phi) is 4.08. The van der Waals surface area contributed by atoms with Crippen molar-refractivity contribution < 1.29 is 18.3 Å². The first-order valence-electron chi connectivity index (χ1n) is 5.67. The van der Waals surface area contributed by atoms with Crippen LogP contribution < -0.4 is 5.73 Å². The largest absolute Gasteiger partial charge is 0.418 e. The first-order chi connectivity index (χ1) is 8.12. The standard InChI is InChI=1S/C13H18F3NO/c1-11(2,10-6-4-3-5-7-10)8-12(18,9-17)13(14,15)16/h3-7,18H,8-9,17H2,1-2H3. The zero-order chi connectivity index (χ0) is 14.0. The van der Waals surface area contributed by atoms with Gasteiger partial charge in [-0.15, -0.1) is 0 Å². The summed E-state index contributed by atoms with van der Waals surface area (Å²) in [6, 6.07) is 8.79. The van der Waals surface area contributed by atoms with E-state index in [9.17, 15) is 18.3 Å². The molecule has 0 aromatic heterocycles. The molecule has 0 fully saturated rings. The second kappa shape index (κ2) is 4.90. The monoisotopic (exact) mass is 261 g/mol. The van der Waals surface area contributed by atoms with Crippen LogP contribution in [0.2, 0.25) is 0 Å². The van der Waals surface area contributed by atoms with E-state index in [1.807, 2.05) is 0 Å². The molecule has 0 amide bonds. The number of rotatable bonds is 4. The van der Waals surface area contributed by atoms with Crippen molar-refractivity contribution in [1.82, 2.24) is 0 Å². The predicted octanol–water partition coefficient (Wildman–Crippen LogP) is 2.61. The smallest absolute Gasteiger partial charge is 0.379 e. The average Bonchev–Trinajstić information content (AvgIpc) is 2.28. The van der Waals surface area contributed by atoms with Gasteiger partial charge in [-0.1, -0.05) is 44.2 Å². The van der Waals surface area contributed by atoms with Crippen molar-refractivity contribution in [3.63, 3.8) is 0 Å². The second-order valence-electron chi connectivity index (χ2n) is 5.16. The molecule has 0 aliphatic carbocycles. The highest BCUT2D eigenvalue weighted by Crippen LogP contribution is 2.40. The molecule has 0 saturated carbocycles. The molecule has 0 saturated heterocycles. The van der Waals surface area contributed by atoms with Gasteiger partial charge in [-0.3, -0.25) is 0 Å². The minimum absolute atomic E-state index is 0.468. The molecular weight excluding hydrogens is 243 g/mol. The van der Waals surface area contributed by atoms with Gasteiger partial charge in [0.25, 0.3) is 0 Å². The lowest BCUT2D eigenvalue weighted by Crippen LogP contribution is -2.54. The lowest BCUT2D eigenvalue weighted by molar-refractivity contribution is -0.262. The summed E-state index contributed by atoms with van der Waals surface area (Å²) in [7, 11) is 0. The van der Waals surface area contributed by atoms with Gasteiger partial charge < -0.3 is 10.8 Å². The summed E-state index contributed by atoms with van der Waals surface area (Å²) in [4.78, 5) is 0. The van der Waals surface area contributed by atoms with Crippen LogP contribution >= 0.6 is 0 Å². The molecule has 1 atom stereocenters.